The molecule has 0 unspecified atom stereocenters. The maximum absolute atomic E-state index is 9.82. The third-order valence-electron chi connectivity index (χ3n) is 0.377. The van der Waals surface area contributed by atoms with Gasteiger partial charge in [0, 0.05) is 7.89 Å². The summed E-state index contributed by atoms with van der Waals surface area (Å²) in [4.78, 5) is 9.82. The SMILES string of the molecule is [2H][C@@H](N)[C@]([2H])(O)C(=O)O. The zero-order valence-electron chi connectivity index (χ0n) is 5.46. The van der Waals surface area contributed by atoms with E-state index in [1.54, 1.807) is 0 Å². The molecule has 0 saturated heterocycles. The second kappa shape index (κ2) is 2.54. The predicted molar refractivity (Wildman–Crippen MR) is 22.7 cm³/mol. The molecule has 0 rings (SSSR count). The van der Waals surface area contributed by atoms with Crippen LogP contribution in [0, 0.1) is 0 Å². The summed E-state index contributed by atoms with van der Waals surface area (Å²) in [7, 11) is 0. The lowest BCUT2D eigenvalue weighted by Gasteiger charge is -1.96. The van der Waals surface area contributed by atoms with Gasteiger partial charge in [-0.1, -0.05) is 0 Å². The summed E-state index contributed by atoms with van der Waals surface area (Å²) in [5.74, 6) is -1.81. The van der Waals surface area contributed by atoms with Crippen molar-refractivity contribution in [3.63, 3.8) is 0 Å². The lowest BCUT2D eigenvalue weighted by Crippen LogP contribution is -2.28. The smallest absolute Gasteiger partial charge is 0.333 e. The van der Waals surface area contributed by atoms with Crippen molar-refractivity contribution in [2.24, 2.45) is 5.73 Å². The Hall–Kier alpha value is -0.610. The molecule has 0 aromatic carbocycles. The predicted octanol–water partition coefficient (Wildman–Crippen LogP) is -1.61. The molecule has 2 atom stereocenters. The highest BCUT2D eigenvalue weighted by Gasteiger charge is 2.07. The molecule has 0 aliphatic carbocycles. The Balaban J connectivity index is 4.19. The van der Waals surface area contributed by atoms with Gasteiger partial charge in [-0.25, -0.2) is 4.79 Å². The number of hydrogen-bond donors (Lipinski definition) is 3. The van der Waals surface area contributed by atoms with E-state index in [0.717, 1.165) is 0 Å². The standard InChI is InChI=1S/C3H7NO3/c4-1-2(5)3(6)7/h2,5H,1,4H2,(H,6,7)/t2-/m0/s1/i1D,2D/t1-,2+/m1. The minimum absolute atomic E-state index is 1.81. The Morgan fingerprint density at radius 3 is 2.71 bits per heavy atom. The van der Waals surface area contributed by atoms with Crippen molar-refractivity contribution in [1.82, 2.24) is 0 Å². The molecule has 4 heteroatoms. The molecule has 0 aliphatic heterocycles. The van der Waals surface area contributed by atoms with Gasteiger partial charge in [-0.15, -0.1) is 0 Å². The van der Waals surface area contributed by atoms with Crippen LogP contribution in [-0.4, -0.2) is 28.8 Å². The fraction of sp³-hybridized carbons (Fsp3) is 0.667. The molecule has 0 spiro atoms. The highest BCUT2D eigenvalue weighted by Crippen LogP contribution is 1.73. The fourth-order valence-electron chi connectivity index (χ4n) is 0.0713. The van der Waals surface area contributed by atoms with Gasteiger partial charge in [0.1, 0.15) is 0 Å². The van der Waals surface area contributed by atoms with E-state index in [9.17, 15) is 4.79 Å². The molecule has 0 amide bonds. The van der Waals surface area contributed by atoms with Gasteiger partial charge in [-0.2, -0.15) is 0 Å². The Morgan fingerprint density at radius 2 is 2.71 bits per heavy atom. The van der Waals surface area contributed by atoms with Gasteiger partial charge in [0.15, 0.2) is 6.08 Å². The van der Waals surface area contributed by atoms with Crippen molar-refractivity contribution in [3.05, 3.63) is 0 Å². The normalized spacial score (nSPS) is 26.6. The van der Waals surface area contributed by atoms with Crippen LogP contribution in [0.25, 0.3) is 0 Å². The monoisotopic (exact) mass is 107 g/mol. The van der Waals surface area contributed by atoms with Gasteiger partial charge in [-0.3, -0.25) is 0 Å². The molecular formula is C3H7NO3. The number of carboxylic acids is 1. The summed E-state index contributed by atoms with van der Waals surface area (Å²) >= 11 is 0. The first-order valence-corrected chi connectivity index (χ1v) is 1.52. The summed E-state index contributed by atoms with van der Waals surface area (Å²) in [6, 6.07) is 0. The molecule has 7 heavy (non-hydrogen) atoms. The molecule has 4 nitrogen and oxygen atoms in total. The molecule has 0 fully saturated rings. The average molecular weight is 107 g/mol. The third kappa shape index (κ3) is 2.13. The fourth-order valence-corrected chi connectivity index (χ4v) is 0.0713. The van der Waals surface area contributed by atoms with E-state index in [4.69, 9.17) is 13.0 Å². The second-order valence-corrected chi connectivity index (χ2v) is 0.857. The van der Waals surface area contributed by atoms with Crippen LogP contribution in [0.15, 0.2) is 0 Å². The van der Waals surface area contributed by atoms with Gasteiger partial charge in [0.2, 0.25) is 0 Å². The second-order valence-electron chi connectivity index (χ2n) is 0.857. The van der Waals surface area contributed by atoms with Gasteiger partial charge >= 0.3 is 5.97 Å². The van der Waals surface area contributed by atoms with Crippen molar-refractivity contribution < 1.29 is 17.7 Å². The van der Waals surface area contributed by atoms with Crippen LogP contribution in [0.4, 0.5) is 0 Å². The molecule has 0 aromatic heterocycles. The summed E-state index contributed by atoms with van der Waals surface area (Å²) in [6.45, 7) is -1.84. The zero-order valence-corrected chi connectivity index (χ0v) is 3.46. The van der Waals surface area contributed by atoms with Crippen molar-refractivity contribution in [3.8, 4) is 0 Å². The quantitative estimate of drug-likeness (QED) is 0.396. The number of rotatable bonds is 2. The van der Waals surface area contributed by atoms with Gasteiger partial charge in [-0.05, 0) is 0 Å². The minimum atomic E-state index is -2.89. The molecule has 42 valence electrons. The van der Waals surface area contributed by atoms with E-state index >= 15 is 0 Å². The van der Waals surface area contributed by atoms with Crippen LogP contribution >= 0.6 is 0 Å². The lowest BCUT2D eigenvalue weighted by atomic mass is 10.4. The topological polar surface area (TPSA) is 83.5 Å². The van der Waals surface area contributed by atoms with Crippen LogP contribution in [-0.2, 0) is 4.79 Å². The number of hydrogen-bond acceptors (Lipinski definition) is 3. The molecule has 0 heterocycles. The number of nitrogens with two attached hydrogens (primary N) is 1. The van der Waals surface area contributed by atoms with Crippen molar-refractivity contribution >= 4 is 5.97 Å². The van der Waals surface area contributed by atoms with Gasteiger partial charge in [0.25, 0.3) is 0 Å². The van der Waals surface area contributed by atoms with Crippen LogP contribution in [0.5, 0.6) is 0 Å². The summed E-state index contributed by atoms with van der Waals surface area (Å²) < 4.78 is 12.9. The number of carboxylic acid groups (broad SMARTS) is 1. The van der Waals surface area contributed by atoms with Gasteiger partial charge in [0.05, 0.1) is 1.37 Å². The van der Waals surface area contributed by atoms with Crippen molar-refractivity contribution in [2.45, 2.75) is 6.08 Å². The van der Waals surface area contributed by atoms with E-state index in [2.05, 4.69) is 5.73 Å². The van der Waals surface area contributed by atoms with E-state index in [-0.39, 0.29) is 0 Å². The Kier molecular flexibility index (Phi) is 1.24. The number of aliphatic carboxylic acids is 1. The molecule has 0 saturated carbocycles. The Morgan fingerprint density at radius 1 is 2.29 bits per heavy atom. The lowest BCUT2D eigenvalue weighted by molar-refractivity contribution is -0.145. The first-order valence-electron chi connectivity index (χ1n) is 2.60. The average Bonchev–Trinajstić information content (AvgIpc) is 1.65. The molecule has 0 radical (unpaired) electrons. The Bertz CT molecular complexity index is 124. The van der Waals surface area contributed by atoms with Crippen LogP contribution in [0.3, 0.4) is 0 Å². The summed E-state index contributed by atoms with van der Waals surface area (Å²) in [5, 5.41) is 16.4. The van der Waals surface area contributed by atoms with Crippen molar-refractivity contribution in [1.29, 1.82) is 0 Å². The first-order chi connectivity index (χ1) is 3.89. The Labute approximate surface area is 43.4 Å². The first kappa shape index (κ1) is 3.40. The molecule has 4 N–H and O–H groups in total. The summed E-state index contributed by atoms with van der Waals surface area (Å²) in [6.07, 6.45) is -2.89. The van der Waals surface area contributed by atoms with Crippen LogP contribution < -0.4 is 5.73 Å². The highest BCUT2D eigenvalue weighted by molar-refractivity contribution is 5.72. The summed E-state index contributed by atoms with van der Waals surface area (Å²) in [5.41, 5.74) is 4.62. The molecule has 0 aliphatic rings. The van der Waals surface area contributed by atoms with Gasteiger partial charge < -0.3 is 15.9 Å². The van der Waals surface area contributed by atoms with Crippen LogP contribution in [0.1, 0.15) is 2.74 Å². The zero-order chi connectivity index (χ0) is 7.65. The van der Waals surface area contributed by atoms with E-state index in [0.29, 0.717) is 0 Å². The molecule has 0 aromatic rings. The number of aliphatic hydroxyl groups is 1. The number of carbonyl (C=O) groups is 1. The van der Waals surface area contributed by atoms with E-state index in [1.165, 1.54) is 0 Å². The molecular weight excluding hydrogens is 98.0 g/mol. The van der Waals surface area contributed by atoms with E-state index in [1.807, 2.05) is 0 Å². The maximum atomic E-state index is 9.82. The third-order valence-corrected chi connectivity index (χ3v) is 0.377. The van der Waals surface area contributed by atoms with Crippen LogP contribution in [0.2, 0.25) is 0 Å². The minimum Gasteiger partial charge on any atom is -0.479 e. The largest absolute Gasteiger partial charge is 0.479 e. The van der Waals surface area contributed by atoms with E-state index < -0.39 is 18.6 Å². The molecule has 0 bridgehead atoms. The highest BCUT2D eigenvalue weighted by atomic mass is 16.4. The van der Waals surface area contributed by atoms with Crippen molar-refractivity contribution in [2.75, 3.05) is 6.52 Å². The maximum Gasteiger partial charge on any atom is 0.333 e.